The van der Waals surface area contributed by atoms with E-state index in [2.05, 4.69) is 29.1 Å². The number of aromatic nitrogens is 3. The molecule has 0 aliphatic carbocycles. The third-order valence-corrected chi connectivity index (χ3v) is 3.73. The predicted molar refractivity (Wildman–Crippen MR) is 81.1 cm³/mol. The monoisotopic (exact) mass is 279 g/mol. The summed E-state index contributed by atoms with van der Waals surface area (Å²) < 4.78 is 1.87. The van der Waals surface area contributed by atoms with Gasteiger partial charge in [0, 0.05) is 5.92 Å². The second-order valence-corrected chi connectivity index (χ2v) is 5.11. The van der Waals surface area contributed by atoms with E-state index < -0.39 is 0 Å². The van der Waals surface area contributed by atoms with Crippen molar-refractivity contribution in [2.24, 2.45) is 0 Å². The van der Waals surface area contributed by atoms with Crippen LogP contribution < -0.4 is 0 Å². The number of hydrogen-bond acceptors (Lipinski definition) is 3. The lowest BCUT2D eigenvalue weighted by molar-refractivity contribution is 0.448. The summed E-state index contributed by atoms with van der Waals surface area (Å²) in [5.74, 6) is 0.436. The first-order valence-corrected chi connectivity index (χ1v) is 6.93. The summed E-state index contributed by atoms with van der Waals surface area (Å²) in [5, 5.41) is 14.0. The van der Waals surface area contributed by atoms with Crippen LogP contribution in [0.15, 0.2) is 67.3 Å². The minimum atomic E-state index is 0.0375. The molecule has 3 rings (SSSR count). The van der Waals surface area contributed by atoms with E-state index in [0.29, 0.717) is 0 Å². The Morgan fingerprint density at radius 2 is 1.76 bits per heavy atom. The summed E-state index contributed by atoms with van der Waals surface area (Å²) in [5.41, 5.74) is 2.23. The van der Waals surface area contributed by atoms with Gasteiger partial charge in [0.2, 0.25) is 0 Å². The molecule has 3 aromatic rings. The first-order chi connectivity index (χ1) is 10.3. The SMILES string of the molecule is CC(c1cccc(O)c1)C(c1ccccc1)n1cncn1. The van der Waals surface area contributed by atoms with Crippen molar-refractivity contribution in [3.63, 3.8) is 0 Å². The fourth-order valence-electron chi connectivity index (χ4n) is 2.67. The van der Waals surface area contributed by atoms with Crippen LogP contribution in [0.2, 0.25) is 0 Å². The highest BCUT2D eigenvalue weighted by atomic mass is 16.3. The maximum Gasteiger partial charge on any atom is 0.137 e. The number of phenolic OH excluding ortho intramolecular Hbond substituents is 1. The summed E-state index contributed by atoms with van der Waals surface area (Å²) in [6.07, 6.45) is 3.28. The molecule has 0 amide bonds. The fourth-order valence-corrected chi connectivity index (χ4v) is 2.67. The third-order valence-electron chi connectivity index (χ3n) is 3.73. The summed E-state index contributed by atoms with van der Waals surface area (Å²) in [7, 11) is 0. The molecule has 2 atom stereocenters. The van der Waals surface area contributed by atoms with Crippen LogP contribution in [0.25, 0.3) is 0 Å². The van der Waals surface area contributed by atoms with Crippen LogP contribution in [0.1, 0.15) is 30.0 Å². The Morgan fingerprint density at radius 3 is 2.43 bits per heavy atom. The van der Waals surface area contributed by atoms with E-state index in [1.807, 2.05) is 35.0 Å². The van der Waals surface area contributed by atoms with Crippen LogP contribution in [0.5, 0.6) is 5.75 Å². The Morgan fingerprint density at radius 1 is 1.00 bits per heavy atom. The van der Waals surface area contributed by atoms with Gasteiger partial charge in [-0.25, -0.2) is 9.67 Å². The lowest BCUT2D eigenvalue weighted by Gasteiger charge is -2.25. The van der Waals surface area contributed by atoms with Crippen molar-refractivity contribution >= 4 is 0 Å². The van der Waals surface area contributed by atoms with E-state index in [4.69, 9.17) is 0 Å². The van der Waals surface area contributed by atoms with Crippen molar-refractivity contribution in [3.8, 4) is 5.75 Å². The minimum Gasteiger partial charge on any atom is -0.508 e. The Bertz CT molecular complexity index is 695. The average Bonchev–Trinajstić information content (AvgIpc) is 3.02. The molecule has 1 heterocycles. The molecule has 106 valence electrons. The van der Waals surface area contributed by atoms with Gasteiger partial charge in [-0.05, 0) is 23.3 Å². The highest BCUT2D eigenvalue weighted by Crippen LogP contribution is 2.34. The molecule has 0 saturated carbocycles. The summed E-state index contributed by atoms with van der Waals surface area (Å²) in [6.45, 7) is 2.13. The molecule has 1 N–H and O–H groups in total. The van der Waals surface area contributed by atoms with E-state index >= 15 is 0 Å². The molecule has 0 aliphatic heterocycles. The Kier molecular flexibility index (Phi) is 3.69. The molecule has 0 bridgehead atoms. The van der Waals surface area contributed by atoms with Gasteiger partial charge in [0.15, 0.2) is 0 Å². The van der Waals surface area contributed by atoms with Crippen LogP contribution in [-0.2, 0) is 0 Å². The number of nitrogens with zero attached hydrogens (tertiary/aromatic N) is 3. The third kappa shape index (κ3) is 2.79. The molecule has 0 aliphatic rings. The van der Waals surface area contributed by atoms with Crippen molar-refractivity contribution < 1.29 is 5.11 Å². The van der Waals surface area contributed by atoms with E-state index in [-0.39, 0.29) is 17.7 Å². The van der Waals surface area contributed by atoms with Crippen LogP contribution in [0.3, 0.4) is 0 Å². The highest BCUT2D eigenvalue weighted by molar-refractivity contribution is 5.33. The highest BCUT2D eigenvalue weighted by Gasteiger charge is 2.23. The van der Waals surface area contributed by atoms with Crippen molar-refractivity contribution in [2.45, 2.75) is 18.9 Å². The fraction of sp³-hybridized carbons (Fsp3) is 0.176. The molecule has 4 heteroatoms. The second kappa shape index (κ2) is 5.79. The first kappa shape index (κ1) is 13.4. The summed E-state index contributed by atoms with van der Waals surface area (Å²) in [4.78, 5) is 4.06. The van der Waals surface area contributed by atoms with Gasteiger partial charge in [0.25, 0.3) is 0 Å². The van der Waals surface area contributed by atoms with E-state index in [0.717, 1.165) is 5.56 Å². The van der Waals surface area contributed by atoms with Gasteiger partial charge in [-0.2, -0.15) is 5.10 Å². The van der Waals surface area contributed by atoms with Crippen molar-refractivity contribution in [2.75, 3.05) is 0 Å². The molecular formula is C17H17N3O. The molecule has 21 heavy (non-hydrogen) atoms. The number of benzene rings is 2. The number of phenols is 1. The quantitative estimate of drug-likeness (QED) is 0.796. The van der Waals surface area contributed by atoms with Gasteiger partial charge in [-0.15, -0.1) is 0 Å². The molecule has 2 unspecified atom stereocenters. The first-order valence-electron chi connectivity index (χ1n) is 6.93. The zero-order chi connectivity index (χ0) is 14.7. The number of rotatable bonds is 4. The van der Waals surface area contributed by atoms with Gasteiger partial charge in [-0.1, -0.05) is 49.4 Å². The zero-order valence-electron chi connectivity index (χ0n) is 11.8. The molecule has 4 nitrogen and oxygen atoms in total. The maximum atomic E-state index is 9.71. The van der Waals surface area contributed by atoms with Gasteiger partial charge in [-0.3, -0.25) is 0 Å². The van der Waals surface area contributed by atoms with Gasteiger partial charge in [0.1, 0.15) is 18.4 Å². The van der Waals surface area contributed by atoms with Gasteiger partial charge >= 0.3 is 0 Å². The molecule has 1 aromatic heterocycles. The van der Waals surface area contributed by atoms with Crippen molar-refractivity contribution in [1.29, 1.82) is 0 Å². The van der Waals surface area contributed by atoms with E-state index in [1.54, 1.807) is 24.8 Å². The largest absolute Gasteiger partial charge is 0.508 e. The van der Waals surface area contributed by atoms with Crippen molar-refractivity contribution in [3.05, 3.63) is 78.4 Å². The normalized spacial score (nSPS) is 13.8. The average molecular weight is 279 g/mol. The summed E-state index contributed by atoms with van der Waals surface area (Å²) >= 11 is 0. The Balaban J connectivity index is 2.04. The molecular weight excluding hydrogens is 262 g/mol. The lowest BCUT2D eigenvalue weighted by Crippen LogP contribution is -2.18. The topological polar surface area (TPSA) is 50.9 Å². The van der Waals surface area contributed by atoms with Crippen LogP contribution in [-0.4, -0.2) is 19.9 Å². The van der Waals surface area contributed by atoms with Crippen LogP contribution >= 0.6 is 0 Å². The number of aromatic hydroxyl groups is 1. The van der Waals surface area contributed by atoms with Gasteiger partial charge < -0.3 is 5.11 Å². The molecule has 0 spiro atoms. The Hall–Kier alpha value is -2.62. The smallest absolute Gasteiger partial charge is 0.137 e. The molecule has 0 fully saturated rings. The van der Waals surface area contributed by atoms with Crippen LogP contribution in [0.4, 0.5) is 0 Å². The van der Waals surface area contributed by atoms with E-state index in [1.165, 1.54) is 5.56 Å². The van der Waals surface area contributed by atoms with E-state index in [9.17, 15) is 5.11 Å². The zero-order valence-corrected chi connectivity index (χ0v) is 11.8. The second-order valence-electron chi connectivity index (χ2n) is 5.11. The predicted octanol–water partition coefficient (Wildman–Crippen LogP) is 3.38. The molecule has 0 saturated heterocycles. The Labute approximate surface area is 123 Å². The number of hydrogen-bond donors (Lipinski definition) is 1. The maximum absolute atomic E-state index is 9.71. The molecule has 0 radical (unpaired) electrons. The lowest BCUT2D eigenvalue weighted by atomic mass is 9.88. The van der Waals surface area contributed by atoms with Crippen LogP contribution in [0, 0.1) is 0 Å². The minimum absolute atomic E-state index is 0.0375. The summed E-state index contributed by atoms with van der Waals surface area (Å²) in [6, 6.07) is 17.6. The molecule has 2 aromatic carbocycles. The van der Waals surface area contributed by atoms with Gasteiger partial charge in [0.05, 0.1) is 6.04 Å². The van der Waals surface area contributed by atoms with Crippen molar-refractivity contribution in [1.82, 2.24) is 14.8 Å². The standard InChI is InChI=1S/C17H17N3O/c1-13(15-8-5-9-16(21)10-15)17(20-12-18-11-19-20)14-6-3-2-4-7-14/h2-13,17,21H,1H3.